The molecule has 1 saturated heterocycles. The molecule has 3 heterocycles. The Hall–Kier alpha value is -1.73. The first kappa shape index (κ1) is 13.3. The number of nitrogens with zero attached hydrogens (tertiary/aromatic N) is 4. The number of pyridine rings is 1. The molecule has 104 valence electrons. The molecule has 2 aromatic heterocycles. The second-order valence-electron chi connectivity index (χ2n) is 5.85. The lowest BCUT2D eigenvalue weighted by Crippen LogP contribution is -2.41. The number of hydrogen-bond donors (Lipinski definition) is 0. The van der Waals surface area contributed by atoms with Gasteiger partial charge >= 0.3 is 7.12 Å². The maximum absolute atomic E-state index is 5.95. The fourth-order valence-electron chi connectivity index (χ4n) is 1.95. The van der Waals surface area contributed by atoms with Crippen molar-refractivity contribution in [2.45, 2.75) is 38.9 Å². The largest absolute Gasteiger partial charge is 0.518 e. The monoisotopic (exact) mass is 272 g/mol. The molecule has 6 nitrogen and oxygen atoms in total. The zero-order chi connectivity index (χ0) is 14.4. The highest BCUT2D eigenvalue weighted by Gasteiger charge is 2.52. The standard InChI is InChI=1S/C13H17BN4O2/c1-12(2)13(3,4)20-14(19-12)11-9-16-18(17-11)10-5-7-15-8-6-10/h5-9H,1-4H3. The zero-order valence-electron chi connectivity index (χ0n) is 12.1. The Morgan fingerprint density at radius 3 is 2.25 bits per heavy atom. The molecule has 0 radical (unpaired) electrons. The Morgan fingerprint density at radius 2 is 1.65 bits per heavy atom. The van der Waals surface area contributed by atoms with Gasteiger partial charge in [-0.2, -0.15) is 15.0 Å². The first-order chi connectivity index (χ1) is 9.39. The maximum atomic E-state index is 5.95. The van der Waals surface area contributed by atoms with E-state index in [1.807, 2.05) is 39.8 Å². The highest BCUT2D eigenvalue weighted by molar-refractivity contribution is 6.61. The summed E-state index contributed by atoms with van der Waals surface area (Å²) in [6.45, 7) is 8.06. The van der Waals surface area contributed by atoms with Crippen molar-refractivity contribution in [3.63, 3.8) is 0 Å². The minimum Gasteiger partial charge on any atom is -0.398 e. The molecule has 2 aromatic rings. The molecule has 1 aliphatic rings. The van der Waals surface area contributed by atoms with Crippen molar-refractivity contribution in [1.29, 1.82) is 0 Å². The van der Waals surface area contributed by atoms with Gasteiger partial charge in [0.05, 0.1) is 23.1 Å². The topological polar surface area (TPSA) is 62.1 Å². The molecule has 0 bridgehead atoms. The average molecular weight is 272 g/mol. The molecule has 0 aromatic carbocycles. The predicted molar refractivity (Wildman–Crippen MR) is 74.9 cm³/mol. The van der Waals surface area contributed by atoms with Crippen LogP contribution in [0, 0.1) is 0 Å². The van der Waals surface area contributed by atoms with Crippen LogP contribution < -0.4 is 5.59 Å². The first-order valence-corrected chi connectivity index (χ1v) is 6.57. The molecule has 0 saturated carbocycles. The lowest BCUT2D eigenvalue weighted by Gasteiger charge is -2.32. The van der Waals surface area contributed by atoms with Gasteiger partial charge in [-0.25, -0.2) is 0 Å². The van der Waals surface area contributed by atoms with Gasteiger partial charge in [0.25, 0.3) is 0 Å². The van der Waals surface area contributed by atoms with E-state index in [1.165, 1.54) is 0 Å². The fraction of sp³-hybridized carbons (Fsp3) is 0.462. The molecule has 0 aliphatic carbocycles. The van der Waals surface area contributed by atoms with E-state index in [2.05, 4.69) is 15.2 Å². The van der Waals surface area contributed by atoms with Crippen molar-refractivity contribution in [3.8, 4) is 5.69 Å². The summed E-state index contributed by atoms with van der Waals surface area (Å²) >= 11 is 0. The van der Waals surface area contributed by atoms with E-state index in [0.29, 0.717) is 5.59 Å². The van der Waals surface area contributed by atoms with Crippen LogP contribution in [-0.4, -0.2) is 38.3 Å². The van der Waals surface area contributed by atoms with Gasteiger partial charge in [-0.15, -0.1) is 0 Å². The van der Waals surface area contributed by atoms with Crippen LogP contribution in [0.5, 0.6) is 0 Å². The van der Waals surface area contributed by atoms with Crippen LogP contribution in [-0.2, 0) is 9.31 Å². The molecule has 0 amide bonds. The van der Waals surface area contributed by atoms with Crippen LogP contribution in [0.2, 0.25) is 0 Å². The minimum atomic E-state index is -0.490. The highest BCUT2D eigenvalue weighted by atomic mass is 16.7. The van der Waals surface area contributed by atoms with Gasteiger partial charge in [0.1, 0.15) is 5.59 Å². The van der Waals surface area contributed by atoms with E-state index in [1.54, 1.807) is 23.4 Å². The Morgan fingerprint density at radius 1 is 1.05 bits per heavy atom. The normalized spacial score (nSPS) is 20.3. The Balaban J connectivity index is 1.86. The van der Waals surface area contributed by atoms with Crippen LogP contribution in [0.3, 0.4) is 0 Å². The van der Waals surface area contributed by atoms with Crippen molar-refractivity contribution in [2.75, 3.05) is 0 Å². The summed E-state index contributed by atoms with van der Waals surface area (Å²) in [5.41, 5.74) is 0.763. The quantitative estimate of drug-likeness (QED) is 0.762. The van der Waals surface area contributed by atoms with Crippen LogP contribution in [0.25, 0.3) is 5.69 Å². The molecular weight excluding hydrogens is 255 g/mol. The van der Waals surface area contributed by atoms with Crippen molar-refractivity contribution >= 4 is 12.7 Å². The van der Waals surface area contributed by atoms with Gasteiger partial charge in [-0.05, 0) is 39.8 Å². The second kappa shape index (κ2) is 4.39. The SMILES string of the molecule is CC1(C)OB(c2cnn(-c3ccncc3)n2)OC1(C)C. The summed E-state index contributed by atoms with van der Waals surface area (Å²) < 4.78 is 11.9. The molecular formula is C13H17BN4O2. The molecule has 0 unspecified atom stereocenters. The highest BCUT2D eigenvalue weighted by Crippen LogP contribution is 2.36. The number of rotatable bonds is 2. The third-order valence-electron chi connectivity index (χ3n) is 3.90. The predicted octanol–water partition coefficient (Wildman–Crippen LogP) is 0.961. The van der Waals surface area contributed by atoms with Crippen LogP contribution in [0.1, 0.15) is 27.7 Å². The van der Waals surface area contributed by atoms with Crippen LogP contribution in [0.15, 0.2) is 30.7 Å². The lowest BCUT2D eigenvalue weighted by molar-refractivity contribution is 0.00578. The van der Waals surface area contributed by atoms with Crippen LogP contribution in [0.4, 0.5) is 0 Å². The van der Waals surface area contributed by atoms with Gasteiger partial charge in [-0.3, -0.25) is 4.98 Å². The van der Waals surface area contributed by atoms with Crippen molar-refractivity contribution < 1.29 is 9.31 Å². The van der Waals surface area contributed by atoms with Gasteiger partial charge < -0.3 is 9.31 Å². The van der Waals surface area contributed by atoms with Crippen molar-refractivity contribution in [1.82, 2.24) is 20.0 Å². The Bertz CT molecular complexity index is 596. The van der Waals surface area contributed by atoms with Gasteiger partial charge in [0.15, 0.2) is 0 Å². The van der Waals surface area contributed by atoms with E-state index in [-0.39, 0.29) is 11.2 Å². The zero-order valence-corrected chi connectivity index (χ0v) is 12.1. The molecule has 0 N–H and O–H groups in total. The average Bonchev–Trinajstić information content (AvgIpc) is 2.94. The summed E-state index contributed by atoms with van der Waals surface area (Å²) in [6.07, 6.45) is 5.07. The number of hydrogen-bond acceptors (Lipinski definition) is 5. The maximum Gasteiger partial charge on any atom is 0.518 e. The van der Waals surface area contributed by atoms with Gasteiger partial charge in [-0.1, -0.05) is 0 Å². The molecule has 7 heteroatoms. The lowest BCUT2D eigenvalue weighted by atomic mass is 9.86. The number of aromatic nitrogens is 4. The first-order valence-electron chi connectivity index (χ1n) is 6.57. The second-order valence-corrected chi connectivity index (χ2v) is 5.85. The van der Waals surface area contributed by atoms with E-state index in [9.17, 15) is 0 Å². The summed E-state index contributed by atoms with van der Waals surface area (Å²) in [4.78, 5) is 5.52. The van der Waals surface area contributed by atoms with E-state index in [4.69, 9.17) is 9.31 Å². The Labute approximate surface area is 118 Å². The summed E-state index contributed by atoms with van der Waals surface area (Å²) in [6, 6.07) is 3.68. The van der Waals surface area contributed by atoms with Crippen molar-refractivity contribution in [3.05, 3.63) is 30.7 Å². The van der Waals surface area contributed by atoms with E-state index >= 15 is 0 Å². The van der Waals surface area contributed by atoms with Gasteiger partial charge in [0, 0.05) is 12.4 Å². The molecule has 0 atom stereocenters. The molecule has 0 spiro atoms. The third kappa shape index (κ3) is 2.12. The van der Waals surface area contributed by atoms with Gasteiger partial charge in [0.2, 0.25) is 0 Å². The fourth-order valence-corrected chi connectivity index (χ4v) is 1.95. The summed E-state index contributed by atoms with van der Waals surface area (Å²) in [5.74, 6) is 0. The third-order valence-corrected chi connectivity index (χ3v) is 3.90. The van der Waals surface area contributed by atoms with Crippen molar-refractivity contribution in [2.24, 2.45) is 0 Å². The van der Waals surface area contributed by atoms with E-state index in [0.717, 1.165) is 5.69 Å². The summed E-state index contributed by atoms with van der Waals surface area (Å²) in [7, 11) is -0.490. The molecule has 1 aliphatic heterocycles. The molecule has 1 fully saturated rings. The molecule has 20 heavy (non-hydrogen) atoms. The molecule has 3 rings (SSSR count). The van der Waals surface area contributed by atoms with E-state index < -0.39 is 7.12 Å². The Kier molecular flexibility index (Phi) is 2.91. The smallest absolute Gasteiger partial charge is 0.398 e. The summed E-state index contributed by atoms with van der Waals surface area (Å²) in [5, 5.41) is 8.67. The minimum absolute atomic E-state index is 0.377. The van der Waals surface area contributed by atoms with Crippen LogP contribution >= 0.6 is 0 Å².